The van der Waals surface area contributed by atoms with E-state index in [9.17, 15) is 0 Å². The number of para-hydroxylation sites is 1. The van der Waals surface area contributed by atoms with Crippen molar-refractivity contribution < 1.29 is 0 Å². The summed E-state index contributed by atoms with van der Waals surface area (Å²) in [4.78, 5) is 2.43. The molecule has 0 saturated carbocycles. The molecule has 1 saturated heterocycles. The molecule has 0 bridgehead atoms. The van der Waals surface area contributed by atoms with Gasteiger partial charge in [0.1, 0.15) is 0 Å². The molecule has 2 unspecified atom stereocenters. The third kappa shape index (κ3) is 2.72. The highest BCUT2D eigenvalue weighted by molar-refractivity contribution is 5.43. The monoisotopic (exact) mass is 204 g/mol. The Morgan fingerprint density at radius 1 is 1.27 bits per heavy atom. The van der Waals surface area contributed by atoms with Gasteiger partial charge >= 0.3 is 0 Å². The zero-order valence-electron chi connectivity index (χ0n) is 9.61. The van der Waals surface area contributed by atoms with Crippen molar-refractivity contribution >= 4 is 5.69 Å². The average Bonchev–Trinajstić information content (AvgIpc) is 2.25. The van der Waals surface area contributed by atoms with Crippen molar-refractivity contribution in [2.24, 2.45) is 0 Å². The fraction of sp³-hybridized carbons (Fsp3) is 0.538. The van der Waals surface area contributed by atoms with Gasteiger partial charge in [0.05, 0.1) is 0 Å². The molecule has 0 aromatic heterocycles. The Kier molecular flexibility index (Phi) is 3.27. The third-order valence-corrected chi connectivity index (χ3v) is 3.35. The Labute approximate surface area is 92.3 Å². The number of hydrogen-bond acceptors (Lipinski definition) is 2. The molecule has 1 aromatic rings. The van der Waals surface area contributed by atoms with Gasteiger partial charge in [-0.1, -0.05) is 18.2 Å². The van der Waals surface area contributed by atoms with E-state index in [1.807, 2.05) is 0 Å². The number of rotatable bonds is 2. The number of nitrogens with zero attached hydrogens (tertiary/aromatic N) is 1. The topological polar surface area (TPSA) is 15.3 Å². The van der Waals surface area contributed by atoms with Crippen LogP contribution in [-0.4, -0.2) is 30.6 Å². The van der Waals surface area contributed by atoms with Gasteiger partial charge in [0.15, 0.2) is 0 Å². The minimum absolute atomic E-state index is 0.638. The summed E-state index contributed by atoms with van der Waals surface area (Å²) in [5, 5.41) is 3.61. The first-order chi connectivity index (χ1) is 7.25. The fourth-order valence-corrected chi connectivity index (χ4v) is 2.19. The molecule has 0 spiro atoms. The first-order valence-electron chi connectivity index (χ1n) is 5.77. The first-order valence-corrected chi connectivity index (χ1v) is 5.77. The third-order valence-electron chi connectivity index (χ3n) is 3.35. The Hall–Kier alpha value is -1.02. The molecule has 1 aromatic carbocycles. The van der Waals surface area contributed by atoms with Gasteiger partial charge in [0.25, 0.3) is 0 Å². The smallest absolute Gasteiger partial charge is 0.0342 e. The molecule has 2 atom stereocenters. The lowest BCUT2D eigenvalue weighted by Crippen LogP contribution is -2.42. The van der Waals surface area contributed by atoms with E-state index in [1.54, 1.807) is 0 Å². The van der Waals surface area contributed by atoms with Gasteiger partial charge in [-0.25, -0.2) is 0 Å². The second kappa shape index (κ2) is 4.67. The largest absolute Gasteiger partial charge is 0.382 e. The summed E-state index contributed by atoms with van der Waals surface area (Å²) >= 11 is 0. The summed E-state index contributed by atoms with van der Waals surface area (Å²) in [5.74, 6) is 0. The van der Waals surface area contributed by atoms with Crippen LogP contribution in [0.25, 0.3) is 0 Å². The van der Waals surface area contributed by atoms with Crippen LogP contribution in [0.4, 0.5) is 5.69 Å². The highest BCUT2D eigenvalue weighted by atomic mass is 15.1. The molecule has 2 rings (SSSR count). The zero-order valence-corrected chi connectivity index (χ0v) is 9.61. The van der Waals surface area contributed by atoms with Crippen LogP contribution in [0.15, 0.2) is 30.3 Å². The summed E-state index contributed by atoms with van der Waals surface area (Å²) in [5.41, 5.74) is 1.25. The Bertz CT molecular complexity index is 297. The molecule has 0 amide bonds. The minimum atomic E-state index is 0.638. The van der Waals surface area contributed by atoms with E-state index in [0.29, 0.717) is 12.1 Å². The molecular formula is C13H20N2. The van der Waals surface area contributed by atoms with Crippen molar-refractivity contribution in [3.05, 3.63) is 30.3 Å². The number of likely N-dealkylation sites (tertiary alicyclic amines) is 1. The van der Waals surface area contributed by atoms with Crippen molar-refractivity contribution in [1.82, 2.24) is 4.90 Å². The lowest BCUT2D eigenvalue weighted by atomic mass is 9.99. The number of piperidine rings is 1. The quantitative estimate of drug-likeness (QED) is 0.796. The van der Waals surface area contributed by atoms with Crippen LogP contribution in [0.3, 0.4) is 0 Å². The van der Waals surface area contributed by atoms with Crippen LogP contribution < -0.4 is 5.32 Å². The molecular weight excluding hydrogens is 184 g/mol. The molecule has 1 heterocycles. The van der Waals surface area contributed by atoms with Crippen LogP contribution in [0.1, 0.15) is 19.8 Å². The molecule has 15 heavy (non-hydrogen) atoms. The summed E-state index contributed by atoms with van der Waals surface area (Å²) in [7, 11) is 2.21. The second-order valence-corrected chi connectivity index (χ2v) is 4.56. The zero-order chi connectivity index (χ0) is 10.7. The van der Waals surface area contributed by atoms with E-state index in [4.69, 9.17) is 0 Å². The van der Waals surface area contributed by atoms with E-state index in [2.05, 4.69) is 54.5 Å². The highest BCUT2D eigenvalue weighted by Gasteiger charge is 2.22. The number of benzene rings is 1. The molecule has 0 aliphatic carbocycles. The normalized spacial score (nSPS) is 27.6. The van der Waals surface area contributed by atoms with E-state index in [-0.39, 0.29) is 0 Å². The number of hydrogen-bond donors (Lipinski definition) is 1. The molecule has 1 N–H and O–H groups in total. The van der Waals surface area contributed by atoms with Crippen molar-refractivity contribution in [2.45, 2.75) is 31.8 Å². The molecule has 1 aliphatic rings. The predicted molar refractivity (Wildman–Crippen MR) is 65.2 cm³/mol. The fourth-order valence-electron chi connectivity index (χ4n) is 2.19. The Morgan fingerprint density at radius 2 is 2.00 bits per heavy atom. The van der Waals surface area contributed by atoms with Crippen molar-refractivity contribution in [2.75, 3.05) is 18.9 Å². The van der Waals surface area contributed by atoms with E-state index < -0.39 is 0 Å². The van der Waals surface area contributed by atoms with Crippen LogP contribution in [-0.2, 0) is 0 Å². The van der Waals surface area contributed by atoms with Gasteiger partial charge in [-0.3, -0.25) is 0 Å². The van der Waals surface area contributed by atoms with Gasteiger partial charge in [-0.15, -0.1) is 0 Å². The first kappa shape index (κ1) is 10.5. The summed E-state index contributed by atoms with van der Waals surface area (Å²) in [6.07, 6.45) is 2.49. The molecule has 1 aliphatic heterocycles. The van der Waals surface area contributed by atoms with E-state index >= 15 is 0 Å². The summed E-state index contributed by atoms with van der Waals surface area (Å²) in [6, 6.07) is 11.8. The van der Waals surface area contributed by atoms with E-state index in [0.717, 1.165) is 0 Å². The van der Waals surface area contributed by atoms with Crippen LogP contribution >= 0.6 is 0 Å². The van der Waals surface area contributed by atoms with Gasteiger partial charge in [0, 0.05) is 24.3 Å². The summed E-state index contributed by atoms with van der Waals surface area (Å²) in [6.45, 7) is 3.50. The lowest BCUT2D eigenvalue weighted by molar-refractivity contribution is 0.190. The molecule has 82 valence electrons. The SMILES string of the molecule is CC1CC(Nc2ccccc2)CCN1C. The lowest BCUT2D eigenvalue weighted by Gasteiger charge is -2.35. The molecule has 2 nitrogen and oxygen atoms in total. The number of anilines is 1. The van der Waals surface area contributed by atoms with Gasteiger partial charge < -0.3 is 10.2 Å². The average molecular weight is 204 g/mol. The van der Waals surface area contributed by atoms with Crippen LogP contribution in [0.5, 0.6) is 0 Å². The second-order valence-electron chi connectivity index (χ2n) is 4.56. The summed E-state index contributed by atoms with van der Waals surface area (Å²) < 4.78 is 0. The molecule has 2 heteroatoms. The minimum Gasteiger partial charge on any atom is -0.382 e. The van der Waals surface area contributed by atoms with Gasteiger partial charge in [-0.05, 0) is 38.9 Å². The highest BCUT2D eigenvalue weighted by Crippen LogP contribution is 2.19. The molecule has 1 fully saturated rings. The van der Waals surface area contributed by atoms with Crippen molar-refractivity contribution in [1.29, 1.82) is 0 Å². The van der Waals surface area contributed by atoms with Gasteiger partial charge in [0.2, 0.25) is 0 Å². The van der Waals surface area contributed by atoms with Crippen LogP contribution in [0.2, 0.25) is 0 Å². The van der Waals surface area contributed by atoms with Crippen molar-refractivity contribution in [3.63, 3.8) is 0 Å². The van der Waals surface area contributed by atoms with Crippen molar-refractivity contribution in [3.8, 4) is 0 Å². The Morgan fingerprint density at radius 3 is 2.67 bits per heavy atom. The standard InChI is InChI=1S/C13H20N2/c1-11-10-13(8-9-15(11)2)14-12-6-4-3-5-7-12/h3-7,11,13-14H,8-10H2,1-2H3. The molecule has 0 radical (unpaired) electrons. The number of nitrogens with one attached hydrogen (secondary N) is 1. The maximum atomic E-state index is 3.61. The Balaban J connectivity index is 1.91. The van der Waals surface area contributed by atoms with E-state index in [1.165, 1.54) is 25.1 Å². The van der Waals surface area contributed by atoms with Crippen LogP contribution in [0, 0.1) is 0 Å². The van der Waals surface area contributed by atoms with Gasteiger partial charge in [-0.2, -0.15) is 0 Å². The maximum Gasteiger partial charge on any atom is 0.0342 e. The maximum absolute atomic E-state index is 3.61. The predicted octanol–water partition coefficient (Wildman–Crippen LogP) is 2.58.